The first-order valence-corrected chi connectivity index (χ1v) is 5.63. The van der Waals surface area contributed by atoms with Crippen LogP contribution in [0.5, 0.6) is 0 Å². The van der Waals surface area contributed by atoms with Gasteiger partial charge >= 0.3 is 0 Å². The molecule has 1 aromatic carbocycles. The molecule has 0 bridgehead atoms. The number of rotatable bonds is 5. The number of aliphatic hydroxyl groups excluding tert-OH is 1. The fourth-order valence-electron chi connectivity index (χ4n) is 1.41. The van der Waals surface area contributed by atoms with Crippen molar-refractivity contribution in [2.75, 3.05) is 10.6 Å². The number of hydrogen-bond acceptors (Lipinski definition) is 6. The van der Waals surface area contributed by atoms with Crippen molar-refractivity contribution in [1.29, 1.82) is 0 Å². The van der Waals surface area contributed by atoms with Gasteiger partial charge in [-0.2, -0.15) is 0 Å². The van der Waals surface area contributed by atoms with Crippen molar-refractivity contribution >= 4 is 28.7 Å². The molecule has 2 unspecified atom stereocenters. The second-order valence-electron chi connectivity index (χ2n) is 3.86. The van der Waals surface area contributed by atoms with Crippen LogP contribution >= 0.6 is 11.6 Å². The van der Waals surface area contributed by atoms with E-state index in [4.69, 9.17) is 17.3 Å². The summed E-state index contributed by atoms with van der Waals surface area (Å²) >= 11 is 5.89. The summed E-state index contributed by atoms with van der Waals surface area (Å²) in [5, 5.41) is 25.7. The van der Waals surface area contributed by atoms with Gasteiger partial charge in [0.1, 0.15) is 11.9 Å². The summed E-state index contributed by atoms with van der Waals surface area (Å²) in [4.78, 5) is 10.3. The van der Waals surface area contributed by atoms with Gasteiger partial charge in [0.2, 0.25) is 0 Å². The third-order valence-corrected chi connectivity index (χ3v) is 2.34. The number of nitrogens with two attached hydrogens (primary N) is 1. The van der Waals surface area contributed by atoms with E-state index in [2.05, 4.69) is 10.6 Å². The minimum atomic E-state index is -0.827. The molecule has 0 fully saturated rings. The maximum atomic E-state index is 10.9. The SMILES string of the molecule is CC(N)Nc1cc(NC(C)O)c(Cl)cc1[N+](=O)[O-]. The number of anilines is 2. The molecule has 7 nitrogen and oxygen atoms in total. The van der Waals surface area contributed by atoms with Crippen molar-refractivity contribution in [3.63, 3.8) is 0 Å². The Balaban J connectivity index is 3.21. The smallest absolute Gasteiger partial charge is 0.294 e. The van der Waals surface area contributed by atoms with Crippen molar-refractivity contribution in [3.05, 3.63) is 27.3 Å². The largest absolute Gasteiger partial charge is 0.374 e. The van der Waals surface area contributed by atoms with Gasteiger partial charge < -0.3 is 21.5 Å². The van der Waals surface area contributed by atoms with E-state index in [9.17, 15) is 15.2 Å². The van der Waals surface area contributed by atoms with E-state index in [0.29, 0.717) is 5.69 Å². The van der Waals surface area contributed by atoms with Gasteiger partial charge in [-0.15, -0.1) is 0 Å². The predicted octanol–water partition coefficient (Wildman–Crippen LogP) is 1.72. The van der Waals surface area contributed by atoms with Gasteiger partial charge in [0.15, 0.2) is 0 Å². The van der Waals surface area contributed by atoms with Crippen LogP contribution in [0.25, 0.3) is 0 Å². The lowest BCUT2D eigenvalue weighted by atomic mass is 10.2. The minimum absolute atomic E-state index is 0.151. The Morgan fingerprint density at radius 3 is 2.44 bits per heavy atom. The van der Waals surface area contributed by atoms with Crippen LogP contribution < -0.4 is 16.4 Å². The maximum Gasteiger partial charge on any atom is 0.294 e. The number of benzene rings is 1. The number of nitrogens with zero attached hydrogens (tertiary/aromatic N) is 1. The summed E-state index contributed by atoms with van der Waals surface area (Å²) in [6.07, 6.45) is -1.28. The Hall–Kier alpha value is -1.57. The first-order valence-electron chi connectivity index (χ1n) is 5.26. The van der Waals surface area contributed by atoms with Gasteiger partial charge in [-0.05, 0) is 19.9 Å². The zero-order chi connectivity index (χ0) is 13.9. The van der Waals surface area contributed by atoms with E-state index in [1.807, 2.05) is 0 Å². The minimum Gasteiger partial charge on any atom is -0.374 e. The summed E-state index contributed by atoms with van der Waals surface area (Å²) in [6, 6.07) is 2.65. The maximum absolute atomic E-state index is 10.9. The Bertz CT molecular complexity index is 451. The lowest BCUT2D eigenvalue weighted by Crippen LogP contribution is -2.25. The topological polar surface area (TPSA) is 113 Å². The molecule has 0 aliphatic heterocycles. The van der Waals surface area contributed by atoms with Gasteiger partial charge in [-0.1, -0.05) is 11.6 Å². The summed E-state index contributed by atoms with van der Waals surface area (Å²) in [6.45, 7) is 3.16. The summed E-state index contributed by atoms with van der Waals surface area (Å²) in [5.74, 6) is 0. The van der Waals surface area contributed by atoms with Crippen LogP contribution in [0, 0.1) is 10.1 Å². The third kappa shape index (κ3) is 3.73. The average Bonchev–Trinajstić information content (AvgIpc) is 2.20. The molecule has 0 radical (unpaired) electrons. The summed E-state index contributed by atoms with van der Waals surface area (Å²) < 4.78 is 0. The molecule has 1 aromatic rings. The van der Waals surface area contributed by atoms with E-state index in [0.717, 1.165) is 0 Å². The number of nitro groups is 1. The summed E-state index contributed by atoms with van der Waals surface area (Å²) in [7, 11) is 0. The van der Waals surface area contributed by atoms with Crippen LogP contribution in [0.15, 0.2) is 12.1 Å². The lowest BCUT2D eigenvalue weighted by Gasteiger charge is -2.15. The molecule has 18 heavy (non-hydrogen) atoms. The predicted molar refractivity (Wildman–Crippen MR) is 70.7 cm³/mol. The van der Waals surface area contributed by atoms with Gasteiger partial charge in [-0.3, -0.25) is 10.1 Å². The molecule has 0 saturated carbocycles. The highest BCUT2D eigenvalue weighted by molar-refractivity contribution is 6.33. The van der Waals surface area contributed by atoms with E-state index < -0.39 is 17.3 Å². The number of hydrogen-bond donors (Lipinski definition) is 4. The van der Waals surface area contributed by atoms with Crippen LogP contribution in [-0.2, 0) is 0 Å². The van der Waals surface area contributed by atoms with E-state index in [1.165, 1.54) is 19.1 Å². The van der Waals surface area contributed by atoms with Crippen LogP contribution in [-0.4, -0.2) is 22.4 Å². The molecule has 0 aliphatic carbocycles. The molecule has 0 spiro atoms. The molecule has 0 aliphatic rings. The quantitative estimate of drug-likeness (QED) is 0.369. The molecule has 100 valence electrons. The fourth-order valence-corrected chi connectivity index (χ4v) is 1.62. The van der Waals surface area contributed by atoms with Gasteiger partial charge in [0.05, 0.1) is 21.8 Å². The van der Waals surface area contributed by atoms with Crippen molar-refractivity contribution < 1.29 is 10.0 Å². The van der Waals surface area contributed by atoms with Crippen molar-refractivity contribution in [2.45, 2.75) is 26.2 Å². The zero-order valence-electron chi connectivity index (χ0n) is 9.98. The first kappa shape index (κ1) is 14.5. The normalized spacial score (nSPS) is 13.8. The van der Waals surface area contributed by atoms with Crippen LogP contribution in [0.2, 0.25) is 5.02 Å². The molecular weight excluding hydrogens is 260 g/mol. The molecular formula is C10H15ClN4O3. The van der Waals surface area contributed by atoms with Crippen LogP contribution in [0.1, 0.15) is 13.8 Å². The molecule has 1 rings (SSSR count). The second-order valence-corrected chi connectivity index (χ2v) is 4.27. The molecule has 2 atom stereocenters. The van der Waals surface area contributed by atoms with E-state index >= 15 is 0 Å². The molecule has 0 aromatic heterocycles. The molecule has 0 amide bonds. The molecule has 8 heteroatoms. The standard InChI is InChI=1S/C10H15ClN4O3/c1-5(12)13-9-4-8(14-6(2)16)7(11)3-10(9)15(17)18/h3-6,13-14,16H,12H2,1-2H3. The summed E-state index contributed by atoms with van der Waals surface area (Å²) in [5.41, 5.74) is 6.00. The van der Waals surface area contributed by atoms with E-state index in [1.54, 1.807) is 6.92 Å². The van der Waals surface area contributed by atoms with Crippen LogP contribution in [0.3, 0.4) is 0 Å². The highest BCUT2D eigenvalue weighted by Gasteiger charge is 2.18. The molecule has 0 saturated heterocycles. The first-order chi connectivity index (χ1) is 8.31. The Labute approximate surface area is 109 Å². The zero-order valence-corrected chi connectivity index (χ0v) is 10.7. The monoisotopic (exact) mass is 274 g/mol. The Morgan fingerprint density at radius 2 is 2.00 bits per heavy atom. The highest BCUT2D eigenvalue weighted by Crippen LogP contribution is 2.34. The van der Waals surface area contributed by atoms with Gasteiger partial charge in [0.25, 0.3) is 5.69 Å². The number of nitrogens with one attached hydrogen (secondary N) is 2. The van der Waals surface area contributed by atoms with E-state index in [-0.39, 0.29) is 16.4 Å². The Morgan fingerprint density at radius 1 is 1.39 bits per heavy atom. The third-order valence-electron chi connectivity index (χ3n) is 2.03. The molecule has 0 heterocycles. The number of aliphatic hydroxyl groups is 1. The van der Waals surface area contributed by atoms with Crippen LogP contribution in [0.4, 0.5) is 17.1 Å². The van der Waals surface area contributed by atoms with Crippen molar-refractivity contribution in [1.82, 2.24) is 0 Å². The van der Waals surface area contributed by atoms with Crippen molar-refractivity contribution in [3.8, 4) is 0 Å². The van der Waals surface area contributed by atoms with Gasteiger partial charge in [-0.25, -0.2) is 0 Å². The average molecular weight is 275 g/mol. The fraction of sp³-hybridized carbons (Fsp3) is 0.400. The number of nitro benzene ring substituents is 1. The second kappa shape index (κ2) is 5.85. The number of halogens is 1. The Kier molecular flexibility index (Phi) is 4.71. The highest BCUT2D eigenvalue weighted by atomic mass is 35.5. The lowest BCUT2D eigenvalue weighted by molar-refractivity contribution is -0.384. The van der Waals surface area contributed by atoms with Crippen molar-refractivity contribution in [2.24, 2.45) is 5.73 Å². The van der Waals surface area contributed by atoms with Gasteiger partial charge in [0, 0.05) is 6.07 Å². The molecule has 5 N–H and O–H groups in total.